The van der Waals surface area contributed by atoms with Crippen molar-refractivity contribution in [2.75, 3.05) is 25.0 Å². The van der Waals surface area contributed by atoms with Gasteiger partial charge in [0.05, 0.1) is 0 Å². The molecule has 0 aliphatic carbocycles. The van der Waals surface area contributed by atoms with Crippen LogP contribution in [-0.2, 0) is 6.42 Å². The number of aromatic nitrogens is 1. The SMILES string of the molecule is Cc1cc2cc(n1)NCC=CCOc1cccc(c1)CCNC2=O. The summed E-state index contributed by atoms with van der Waals surface area (Å²) in [6.07, 6.45) is 4.71. The lowest BCUT2D eigenvalue weighted by Crippen LogP contribution is -2.26. The van der Waals surface area contributed by atoms with Gasteiger partial charge in [0.15, 0.2) is 0 Å². The number of ether oxygens (including phenoxy) is 1. The minimum Gasteiger partial charge on any atom is -0.490 e. The summed E-state index contributed by atoms with van der Waals surface area (Å²) in [4.78, 5) is 16.7. The number of fused-ring (bicyclic) bond motifs is 4. The maximum absolute atomic E-state index is 12.3. The maximum atomic E-state index is 12.3. The van der Waals surface area contributed by atoms with Crippen molar-refractivity contribution in [3.8, 4) is 5.75 Å². The number of pyridine rings is 1. The number of hydrogen-bond donors (Lipinski definition) is 2. The van der Waals surface area contributed by atoms with Crippen LogP contribution in [0.2, 0.25) is 0 Å². The number of carbonyl (C=O) groups excluding carboxylic acids is 1. The lowest BCUT2D eigenvalue weighted by molar-refractivity contribution is 0.0954. The van der Waals surface area contributed by atoms with Crippen molar-refractivity contribution in [1.82, 2.24) is 10.3 Å². The average Bonchev–Trinajstić information content (AvgIpc) is 2.57. The van der Waals surface area contributed by atoms with E-state index in [2.05, 4.69) is 15.6 Å². The molecule has 3 rings (SSSR count). The fourth-order valence-electron chi connectivity index (χ4n) is 2.56. The molecule has 0 atom stereocenters. The molecule has 0 fully saturated rings. The lowest BCUT2D eigenvalue weighted by Gasteiger charge is -2.10. The van der Waals surface area contributed by atoms with Crippen molar-refractivity contribution in [2.45, 2.75) is 13.3 Å². The molecule has 2 N–H and O–H groups in total. The zero-order valence-electron chi connectivity index (χ0n) is 13.7. The summed E-state index contributed by atoms with van der Waals surface area (Å²) in [5, 5.41) is 6.16. The molecule has 5 heteroatoms. The highest BCUT2D eigenvalue weighted by Crippen LogP contribution is 2.14. The number of nitrogens with zero attached hydrogens (tertiary/aromatic N) is 1. The van der Waals surface area contributed by atoms with Gasteiger partial charge in [0.2, 0.25) is 0 Å². The third kappa shape index (κ3) is 4.35. The first kappa shape index (κ1) is 16.1. The zero-order valence-corrected chi connectivity index (χ0v) is 13.7. The molecule has 1 aliphatic rings. The summed E-state index contributed by atoms with van der Waals surface area (Å²) >= 11 is 0. The Kier molecular flexibility index (Phi) is 5.11. The van der Waals surface area contributed by atoms with E-state index in [1.165, 1.54) is 0 Å². The van der Waals surface area contributed by atoms with Gasteiger partial charge in [-0.2, -0.15) is 0 Å². The van der Waals surface area contributed by atoms with Gasteiger partial charge in [0, 0.05) is 24.3 Å². The highest BCUT2D eigenvalue weighted by atomic mass is 16.5. The van der Waals surface area contributed by atoms with Gasteiger partial charge in [-0.15, -0.1) is 0 Å². The van der Waals surface area contributed by atoms with Gasteiger partial charge in [0.1, 0.15) is 18.2 Å². The number of hydrogen-bond acceptors (Lipinski definition) is 4. The molecule has 0 spiro atoms. The first-order valence-corrected chi connectivity index (χ1v) is 8.08. The number of amides is 1. The maximum Gasteiger partial charge on any atom is 0.251 e. The molecule has 0 unspecified atom stereocenters. The molecule has 0 saturated carbocycles. The van der Waals surface area contributed by atoms with Crippen LogP contribution in [0.1, 0.15) is 21.6 Å². The van der Waals surface area contributed by atoms with Gasteiger partial charge in [-0.3, -0.25) is 4.79 Å². The van der Waals surface area contributed by atoms with E-state index in [0.29, 0.717) is 31.1 Å². The third-order valence-electron chi connectivity index (χ3n) is 3.73. The average molecular weight is 323 g/mol. The molecule has 5 nitrogen and oxygen atoms in total. The van der Waals surface area contributed by atoms with E-state index in [1.807, 2.05) is 43.3 Å². The number of benzene rings is 1. The molecule has 124 valence electrons. The molecule has 1 aromatic heterocycles. The fraction of sp³-hybridized carbons (Fsp3) is 0.263. The van der Waals surface area contributed by atoms with Crippen LogP contribution in [0.15, 0.2) is 48.6 Å². The number of rotatable bonds is 0. The summed E-state index contributed by atoms with van der Waals surface area (Å²) in [6, 6.07) is 11.5. The van der Waals surface area contributed by atoms with Crippen LogP contribution < -0.4 is 15.4 Å². The quantitative estimate of drug-likeness (QED) is 0.732. The minimum atomic E-state index is -0.0846. The Balaban J connectivity index is 1.81. The third-order valence-corrected chi connectivity index (χ3v) is 3.73. The second kappa shape index (κ2) is 7.64. The number of aryl methyl sites for hydroxylation is 1. The van der Waals surface area contributed by atoms with Crippen molar-refractivity contribution in [3.05, 3.63) is 65.4 Å². The highest BCUT2D eigenvalue weighted by Gasteiger charge is 2.08. The van der Waals surface area contributed by atoms with Crippen molar-refractivity contribution in [1.29, 1.82) is 0 Å². The Hall–Kier alpha value is -2.82. The molecule has 2 aromatic rings. The molecule has 1 aromatic carbocycles. The standard InChI is InChI=1S/C19H21N3O2/c1-14-11-16-13-18(22-14)20-8-2-3-10-24-17-6-4-5-15(12-17)7-9-21-19(16)23/h2-6,11-13H,7-10H2,1H3,(H,20,22)(H,21,23). The largest absolute Gasteiger partial charge is 0.490 e. The predicted molar refractivity (Wildman–Crippen MR) is 94.6 cm³/mol. The predicted octanol–water partition coefficient (Wildman–Crippen LogP) is 2.72. The molecule has 4 bridgehead atoms. The Morgan fingerprint density at radius 3 is 2.96 bits per heavy atom. The van der Waals surface area contributed by atoms with Gasteiger partial charge >= 0.3 is 0 Å². The van der Waals surface area contributed by atoms with Gasteiger partial charge in [-0.05, 0) is 49.2 Å². The Bertz CT molecular complexity index is 756. The topological polar surface area (TPSA) is 63.3 Å². The van der Waals surface area contributed by atoms with E-state index in [1.54, 1.807) is 12.1 Å². The Labute approximate surface area is 141 Å². The summed E-state index contributed by atoms with van der Waals surface area (Å²) in [5.41, 5.74) is 2.57. The van der Waals surface area contributed by atoms with E-state index in [0.717, 1.165) is 23.4 Å². The van der Waals surface area contributed by atoms with Gasteiger partial charge < -0.3 is 15.4 Å². The molecular weight excluding hydrogens is 302 g/mol. The first-order valence-electron chi connectivity index (χ1n) is 8.08. The van der Waals surface area contributed by atoms with Gasteiger partial charge in [-0.25, -0.2) is 4.98 Å². The monoisotopic (exact) mass is 323 g/mol. The smallest absolute Gasteiger partial charge is 0.251 e. The fourth-order valence-corrected chi connectivity index (χ4v) is 2.56. The summed E-state index contributed by atoms with van der Waals surface area (Å²) in [5.74, 6) is 1.45. The van der Waals surface area contributed by atoms with Gasteiger partial charge in [-0.1, -0.05) is 18.2 Å². The zero-order chi connectivity index (χ0) is 16.8. The number of anilines is 1. The molecule has 0 radical (unpaired) electrons. The molecule has 0 saturated heterocycles. The molecule has 1 amide bonds. The lowest BCUT2D eigenvalue weighted by atomic mass is 10.1. The second-order valence-corrected chi connectivity index (χ2v) is 5.70. The summed E-state index contributed by atoms with van der Waals surface area (Å²) in [7, 11) is 0. The molecule has 1 aliphatic heterocycles. The van der Waals surface area contributed by atoms with Gasteiger partial charge in [0.25, 0.3) is 5.91 Å². The highest BCUT2D eigenvalue weighted by molar-refractivity contribution is 5.95. The van der Waals surface area contributed by atoms with Crippen molar-refractivity contribution in [3.63, 3.8) is 0 Å². The number of nitrogens with one attached hydrogen (secondary N) is 2. The van der Waals surface area contributed by atoms with Crippen molar-refractivity contribution in [2.24, 2.45) is 0 Å². The second-order valence-electron chi connectivity index (χ2n) is 5.70. The van der Waals surface area contributed by atoms with Crippen LogP contribution in [-0.4, -0.2) is 30.6 Å². The Morgan fingerprint density at radius 1 is 1.12 bits per heavy atom. The van der Waals surface area contributed by atoms with Crippen LogP contribution in [0.5, 0.6) is 5.75 Å². The Morgan fingerprint density at radius 2 is 2.04 bits per heavy atom. The van der Waals surface area contributed by atoms with Crippen LogP contribution in [0.25, 0.3) is 0 Å². The van der Waals surface area contributed by atoms with Crippen LogP contribution in [0, 0.1) is 6.92 Å². The van der Waals surface area contributed by atoms with E-state index < -0.39 is 0 Å². The van der Waals surface area contributed by atoms with E-state index in [9.17, 15) is 4.79 Å². The molecular formula is C19H21N3O2. The van der Waals surface area contributed by atoms with E-state index in [-0.39, 0.29) is 5.91 Å². The first-order chi connectivity index (χ1) is 11.7. The van der Waals surface area contributed by atoms with E-state index in [4.69, 9.17) is 4.74 Å². The molecule has 2 heterocycles. The minimum absolute atomic E-state index is 0.0846. The normalized spacial score (nSPS) is 15.1. The van der Waals surface area contributed by atoms with Crippen LogP contribution in [0.3, 0.4) is 0 Å². The molecule has 24 heavy (non-hydrogen) atoms. The van der Waals surface area contributed by atoms with E-state index >= 15 is 0 Å². The van der Waals surface area contributed by atoms with Crippen LogP contribution in [0.4, 0.5) is 5.82 Å². The van der Waals surface area contributed by atoms with Crippen LogP contribution >= 0.6 is 0 Å². The summed E-state index contributed by atoms with van der Waals surface area (Å²) in [6.45, 7) is 3.61. The van der Waals surface area contributed by atoms with Crippen molar-refractivity contribution < 1.29 is 9.53 Å². The number of carbonyl (C=O) groups is 1. The van der Waals surface area contributed by atoms with Crippen molar-refractivity contribution >= 4 is 11.7 Å². The summed E-state index contributed by atoms with van der Waals surface area (Å²) < 4.78 is 5.71.